The van der Waals surface area contributed by atoms with Crippen molar-refractivity contribution in [2.45, 2.75) is 106 Å². The van der Waals surface area contributed by atoms with Crippen LogP contribution in [0, 0.1) is 11.8 Å². The first kappa shape index (κ1) is 23.6. The maximum absolute atomic E-state index is 11.3. The van der Waals surface area contributed by atoms with Crippen LogP contribution in [-0.4, -0.2) is 11.6 Å². The number of carbonyl (C=O) groups excluding carboxylic acids is 2. The molecule has 0 unspecified atom stereocenters. The van der Waals surface area contributed by atoms with E-state index in [-0.39, 0.29) is 0 Å². The minimum Gasteiger partial charge on any atom is -0.299 e. The van der Waals surface area contributed by atoms with Gasteiger partial charge in [-0.05, 0) is 25.7 Å². The Bertz CT molecular complexity index is 243. The number of rotatable bonds is 12. The molecule has 0 aliphatic carbocycles. The highest BCUT2D eigenvalue weighted by Gasteiger charge is 2.10. The van der Waals surface area contributed by atoms with Gasteiger partial charge in [0, 0.05) is 24.7 Å². The van der Waals surface area contributed by atoms with E-state index in [9.17, 15) is 9.59 Å². The van der Waals surface area contributed by atoms with Crippen molar-refractivity contribution in [2.75, 3.05) is 0 Å². The van der Waals surface area contributed by atoms with Crippen molar-refractivity contribution in [2.24, 2.45) is 11.8 Å². The van der Waals surface area contributed by atoms with Crippen LogP contribution in [0.3, 0.4) is 0 Å². The van der Waals surface area contributed by atoms with Crippen molar-refractivity contribution in [1.82, 2.24) is 0 Å². The molecule has 0 aromatic rings. The lowest BCUT2D eigenvalue weighted by Gasteiger charge is -2.07. The molecule has 2 nitrogen and oxygen atoms in total. The molecule has 132 valence electrons. The number of unbranched alkanes of at least 4 members (excludes halogenated alkanes) is 2. The van der Waals surface area contributed by atoms with Crippen molar-refractivity contribution in [1.29, 1.82) is 0 Å². The average Bonchev–Trinajstić information content (AvgIpc) is 2.51. The van der Waals surface area contributed by atoms with Gasteiger partial charge in [0.2, 0.25) is 0 Å². The first-order valence-electron chi connectivity index (χ1n) is 9.49. The van der Waals surface area contributed by atoms with Crippen LogP contribution in [0.5, 0.6) is 0 Å². The highest BCUT2D eigenvalue weighted by Crippen LogP contribution is 2.11. The van der Waals surface area contributed by atoms with Crippen LogP contribution in [0.25, 0.3) is 0 Å². The first-order chi connectivity index (χ1) is 10.4. The smallest absolute Gasteiger partial charge is 0.135 e. The fourth-order valence-electron chi connectivity index (χ4n) is 2.38. The lowest BCUT2D eigenvalue weighted by molar-refractivity contribution is -0.123. The molecular formula is C20H40O2. The van der Waals surface area contributed by atoms with E-state index in [1.807, 2.05) is 13.8 Å². The maximum Gasteiger partial charge on any atom is 0.135 e. The maximum atomic E-state index is 11.3. The van der Waals surface area contributed by atoms with Crippen LogP contribution in [0.1, 0.15) is 106 Å². The predicted molar refractivity (Wildman–Crippen MR) is 97.2 cm³/mol. The number of carbonyl (C=O) groups is 2. The summed E-state index contributed by atoms with van der Waals surface area (Å²) in [7, 11) is 0. The van der Waals surface area contributed by atoms with E-state index in [1.165, 1.54) is 0 Å². The fraction of sp³-hybridized carbons (Fsp3) is 0.900. The topological polar surface area (TPSA) is 34.1 Å². The van der Waals surface area contributed by atoms with Crippen LogP contribution in [0.2, 0.25) is 0 Å². The second-order valence-corrected chi connectivity index (χ2v) is 6.52. The van der Waals surface area contributed by atoms with Gasteiger partial charge in [0.1, 0.15) is 11.6 Å². The summed E-state index contributed by atoms with van der Waals surface area (Å²) < 4.78 is 0. The van der Waals surface area contributed by atoms with Gasteiger partial charge < -0.3 is 0 Å². The molecule has 0 aromatic heterocycles. The summed E-state index contributed by atoms with van der Waals surface area (Å²) in [5.41, 5.74) is 0. The summed E-state index contributed by atoms with van der Waals surface area (Å²) in [5, 5.41) is 0. The van der Waals surface area contributed by atoms with Crippen molar-refractivity contribution < 1.29 is 9.59 Å². The largest absolute Gasteiger partial charge is 0.299 e. The molecule has 0 aliphatic rings. The molecule has 2 heteroatoms. The van der Waals surface area contributed by atoms with E-state index in [2.05, 4.69) is 27.7 Å². The second kappa shape index (κ2) is 16.7. The molecule has 0 spiro atoms. The summed E-state index contributed by atoms with van der Waals surface area (Å²) >= 11 is 0. The SMILES string of the molecule is CCCCC(=O)[C@@H](C)CCC.CCCCC(=O)[C@H](C)CCC. The quantitative estimate of drug-likeness (QED) is 0.420. The van der Waals surface area contributed by atoms with Gasteiger partial charge in [0.25, 0.3) is 0 Å². The zero-order valence-electron chi connectivity index (χ0n) is 16.0. The van der Waals surface area contributed by atoms with Gasteiger partial charge in [0.05, 0.1) is 0 Å². The summed E-state index contributed by atoms with van der Waals surface area (Å²) in [5.74, 6) is 1.50. The summed E-state index contributed by atoms with van der Waals surface area (Å²) in [6.45, 7) is 12.6. The fourth-order valence-corrected chi connectivity index (χ4v) is 2.38. The molecule has 0 saturated heterocycles. The lowest BCUT2D eigenvalue weighted by Crippen LogP contribution is -2.09. The molecule has 0 fully saturated rings. The van der Waals surface area contributed by atoms with Crippen molar-refractivity contribution >= 4 is 11.6 Å². The molecular weight excluding hydrogens is 272 g/mol. The summed E-state index contributed by atoms with van der Waals surface area (Å²) in [4.78, 5) is 22.6. The minimum absolute atomic E-state index is 0.298. The Morgan fingerprint density at radius 2 is 0.955 bits per heavy atom. The van der Waals surface area contributed by atoms with Crippen LogP contribution >= 0.6 is 0 Å². The van der Waals surface area contributed by atoms with Crippen LogP contribution in [0.4, 0.5) is 0 Å². The van der Waals surface area contributed by atoms with Gasteiger partial charge in [-0.1, -0.05) is 67.2 Å². The van der Waals surface area contributed by atoms with Gasteiger partial charge in [-0.3, -0.25) is 9.59 Å². The molecule has 0 radical (unpaired) electrons. The predicted octanol–water partition coefficient (Wildman–Crippen LogP) is 6.36. The zero-order chi connectivity index (χ0) is 17.4. The highest BCUT2D eigenvalue weighted by molar-refractivity contribution is 5.80. The first-order valence-corrected chi connectivity index (χ1v) is 9.49. The Morgan fingerprint density at radius 3 is 1.18 bits per heavy atom. The van der Waals surface area contributed by atoms with E-state index in [1.54, 1.807) is 0 Å². The van der Waals surface area contributed by atoms with Gasteiger partial charge in [0.15, 0.2) is 0 Å². The normalized spacial score (nSPS) is 13.0. The molecule has 22 heavy (non-hydrogen) atoms. The Morgan fingerprint density at radius 1 is 0.636 bits per heavy atom. The number of ketones is 2. The summed E-state index contributed by atoms with van der Waals surface area (Å²) in [6, 6.07) is 0. The minimum atomic E-state index is 0.298. The molecule has 0 amide bonds. The molecule has 0 N–H and O–H groups in total. The summed E-state index contributed by atoms with van der Waals surface area (Å²) in [6.07, 6.45) is 10.3. The van der Waals surface area contributed by atoms with Gasteiger partial charge in [-0.15, -0.1) is 0 Å². The van der Waals surface area contributed by atoms with Crippen LogP contribution < -0.4 is 0 Å². The van der Waals surface area contributed by atoms with E-state index in [4.69, 9.17) is 0 Å². The Hall–Kier alpha value is -0.660. The number of hydrogen-bond acceptors (Lipinski definition) is 2. The third-order valence-electron chi connectivity index (χ3n) is 4.10. The molecule has 0 aromatic carbocycles. The van der Waals surface area contributed by atoms with Gasteiger partial charge >= 0.3 is 0 Å². The van der Waals surface area contributed by atoms with Crippen molar-refractivity contribution in [3.63, 3.8) is 0 Å². The highest BCUT2D eigenvalue weighted by atomic mass is 16.1. The van der Waals surface area contributed by atoms with Crippen molar-refractivity contribution in [3.05, 3.63) is 0 Å². The van der Waals surface area contributed by atoms with Crippen molar-refractivity contribution in [3.8, 4) is 0 Å². The molecule has 0 rings (SSSR count). The van der Waals surface area contributed by atoms with Gasteiger partial charge in [-0.2, -0.15) is 0 Å². The van der Waals surface area contributed by atoms with Crippen LogP contribution in [-0.2, 0) is 9.59 Å². The van der Waals surface area contributed by atoms with E-state index >= 15 is 0 Å². The van der Waals surface area contributed by atoms with E-state index in [0.717, 1.165) is 64.2 Å². The lowest BCUT2D eigenvalue weighted by atomic mass is 9.97. The van der Waals surface area contributed by atoms with E-state index < -0.39 is 0 Å². The Kier molecular flexibility index (Phi) is 17.9. The second-order valence-electron chi connectivity index (χ2n) is 6.52. The third kappa shape index (κ3) is 14.3. The monoisotopic (exact) mass is 312 g/mol. The molecule has 0 bridgehead atoms. The zero-order valence-corrected chi connectivity index (χ0v) is 16.0. The standard InChI is InChI=1S/2C10H20O/c2*1-4-6-8-10(11)9(3)7-5-2/h2*9H,4-8H2,1-3H3/t2*9-/m10/s1. The molecule has 2 atom stereocenters. The molecule has 0 saturated carbocycles. The number of Topliss-reactive ketones (excluding diaryl/α,β-unsaturated/α-hetero) is 2. The van der Waals surface area contributed by atoms with E-state index in [0.29, 0.717) is 23.4 Å². The van der Waals surface area contributed by atoms with Gasteiger partial charge in [-0.25, -0.2) is 0 Å². The number of hydrogen-bond donors (Lipinski definition) is 0. The Balaban J connectivity index is 0. The third-order valence-corrected chi connectivity index (χ3v) is 4.10. The van der Waals surface area contributed by atoms with Crippen LogP contribution in [0.15, 0.2) is 0 Å². The molecule has 0 aliphatic heterocycles. The molecule has 0 heterocycles. The average molecular weight is 313 g/mol. The Labute approximate surface area is 139 Å².